The maximum absolute atomic E-state index is 12.0. The molecule has 2 heterocycles. The average Bonchev–Trinajstić information content (AvgIpc) is 3.04. The van der Waals surface area contributed by atoms with Crippen molar-refractivity contribution in [2.75, 3.05) is 31.8 Å². The number of carbonyl (C=O) groups is 2. The minimum Gasteiger partial charge on any atom is -0.482 e. The molecular formula is C16H17N3O4S. The molecule has 0 atom stereocenters. The lowest BCUT2D eigenvalue weighted by molar-refractivity contribution is -0.124. The predicted molar refractivity (Wildman–Crippen MR) is 90.2 cm³/mol. The Morgan fingerprint density at radius 2 is 2.33 bits per heavy atom. The van der Waals surface area contributed by atoms with Gasteiger partial charge >= 0.3 is 0 Å². The number of amides is 2. The van der Waals surface area contributed by atoms with Gasteiger partial charge in [-0.3, -0.25) is 14.5 Å². The summed E-state index contributed by atoms with van der Waals surface area (Å²) in [5, 5.41) is 2.93. The molecule has 3 rings (SSSR count). The lowest BCUT2D eigenvalue weighted by atomic mass is 10.1. The number of rotatable bonds is 6. The molecule has 0 radical (unpaired) electrons. The second-order valence-corrected chi connectivity index (χ2v) is 6.23. The number of nitrogens with zero attached hydrogens (tertiary/aromatic N) is 2. The molecule has 2 amide bonds. The maximum Gasteiger partial charge on any atom is 0.265 e. The number of ether oxygens (including phenoxy) is 2. The molecule has 0 saturated heterocycles. The highest BCUT2D eigenvalue weighted by molar-refractivity contribution is 7.09. The number of aromatic nitrogens is 1. The standard InChI is InChI=1S/C16H17N3O4S/c1-22-5-4-15-18-11(9-24-15)10-2-3-13-12(6-10)19(7-14(17)20)16(21)8-23-13/h2-3,6,9H,4-5,7-8H2,1H3,(H2,17,20). The van der Waals surface area contributed by atoms with Gasteiger partial charge in [0.15, 0.2) is 6.61 Å². The Hall–Kier alpha value is -2.45. The van der Waals surface area contributed by atoms with Gasteiger partial charge in [-0.05, 0) is 18.2 Å². The quantitative estimate of drug-likeness (QED) is 0.847. The van der Waals surface area contributed by atoms with E-state index in [2.05, 4.69) is 4.98 Å². The van der Waals surface area contributed by atoms with Crippen molar-refractivity contribution in [1.82, 2.24) is 4.98 Å². The molecule has 0 unspecified atom stereocenters. The topological polar surface area (TPSA) is 94.7 Å². The van der Waals surface area contributed by atoms with Crippen LogP contribution in [0.25, 0.3) is 11.3 Å². The van der Waals surface area contributed by atoms with E-state index in [1.54, 1.807) is 30.6 Å². The summed E-state index contributed by atoms with van der Waals surface area (Å²) in [5.74, 6) is -0.316. The van der Waals surface area contributed by atoms with Crippen molar-refractivity contribution < 1.29 is 19.1 Å². The third kappa shape index (κ3) is 3.39. The van der Waals surface area contributed by atoms with Gasteiger partial charge < -0.3 is 15.2 Å². The highest BCUT2D eigenvalue weighted by Gasteiger charge is 2.27. The van der Waals surface area contributed by atoms with Gasteiger partial charge in [-0.25, -0.2) is 4.98 Å². The zero-order valence-corrected chi connectivity index (χ0v) is 14.0. The molecule has 0 spiro atoms. The van der Waals surface area contributed by atoms with E-state index in [0.29, 0.717) is 18.0 Å². The summed E-state index contributed by atoms with van der Waals surface area (Å²) in [6, 6.07) is 5.45. The molecule has 0 fully saturated rings. The molecule has 126 valence electrons. The van der Waals surface area contributed by atoms with E-state index < -0.39 is 5.91 Å². The van der Waals surface area contributed by atoms with Gasteiger partial charge in [-0.1, -0.05) is 0 Å². The van der Waals surface area contributed by atoms with Gasteiger partial charge in [0.1, 0.15) is 12.3 Å². The van der Waals surface area contributed by atoms with Crippen molar-refractivity contribution in [3.63, 3.8) is 0 Å². The highest BCUT2D eigenvalue weighted by Crippen LogP contribution is 2.36. The van der Waals surface area contributed by atoms with Gasteiger partial charge in [-0.15, -0.1) is 11.3 Å². The van der Waals surface area contributed by atoms with Crippen molar-refractivity contribution in [2.24, 2.45) is 5.73 Å². The first-order chi connectivity index (χ1) is 11.6. The molecule has 1 aliphatic heterocycles. The van der Waals surface area contributed by atoms with Gasteiger partial charge in [0.25, 0.3) is 5.91 Å². The third-order valence-corrected chi connectivity index (χ3v) is 4.49. The second-order valence-electron chi connectivity index (χ2n) is 5.29. The number of primary amides is 1. The van der Waals surface area contributed by atoms with Crippen LogP contribution in [-0.4, -0.2) is 43.7 Å². The Bertz CT molecular complexity index is 774. The summed E-state index contributed by atoms with van der Waals surface area (Å²) in [4.78, 5) is 29.2. The van der Waals surface area contributed by atoms with Gasteiger partial charge in [-0.2, -0.15) is 0 Å². The number of methoxy groups -OCH3 is 1. The molecule has 0 bridgehead atoms. The van der Waals surface area contributed by atoms with E-state index in [1.165, 1.54) is 4.90 Å². The summed E-state index contributed by atoms with van der Waals surface area (Å²) < 4.78 is 10.5. The predicted octanol–water partition coefficient (Wildman–Crippen LogP) is 1.21. The van der Waals surface area contributed by atoms with Crippen LogP contribution in [0.2, 0.25) is 0 Å². The van der Waals surface area contributed by atoms with E-state index in [-0.39, 0.29) is 19.1 Å². The molecule has 24 heavy (non-hydrogen) atoms. The number of carbonyl (C=O) groups excluding carboxylic acids is 2. The molecule has 8 heteroatoms. The second kappa shape index (κ2) is 6.98. The smallest absolute Gasteiger partial charge is 0.265 e. The third-order valence-electron chi connectivity index (χ3n) is 3.58. The van der Waals surface area contributed by atoms with Crippen LogP contribution in [0.5, 0.6) is 5.75 Å². The Kier molecular flexibility index (Phi) is 4.77. The summed E-state index contributed by atoms with van der Waals surface area (Å²) in [5.41, 5.74) is 7.44. The van der Waals surface area contributed by atoms with E-state index >= 15 is 0 Å². The number of benzene rings is 1. The first-order valence-corrected chi connectivity index (χ1v) is 8.25. The lowest BCUT2D eigenvalue weighted by Gasteiger charge is -2.28. The SMILES string of the molecule is COCCc1nc(-c2ccc3c(c2)N(CC(N)=O)C(=O)CO3)cs1. The average molecular weight is 347 g/mol. The number of nitrogens with two attached hydrogens (primary N) is 1. The number of anilines is 1. The lowest BCUT2D eigenvalue weighted by Crippen LogP contribution is -2.43. The van der Waals surface area contributed by atoms with E-state index in [4.69, 9.17) is 15.2 Å². The van der Waals surface area contributed by atoms with Crippen molar-refractivity contribution in [3.8, 4) is 17.0 Å². The van der Waals surface area contributed by atoms with Crippen LogP contribution >= 0.6 is 11.3 Å². The molecular weight excluding hydrogens is 330 g/mol. The monoisotopic (exact) mass is 347 g/mol. The number of hydrogen-bond donors (Lipinski definition) is 1. The van der Waals surface area contributed by atoms with Crippen molar-refractivity contribution in [1.29, 1.82) is 0 Å². The van der Waals surface area contributed by atoms with Crippen LogP contribution in [0.4, 0.5) is 5.69 Å². The Labute approximate surface area is 143 Å². The molecule has 1 aromatic heterocycles. The largest absolute Gasteiger partial charge is 0.482 e. The van der Waals surface area contributed by atoms with E-state index in [9.17, 15) is 9.59 Å². The van der Waals surface area contributed by atoms with Gasteiger partial charge in [0.05, 0.1) is 23.0 Å². The molecule has 2 N–H and O–H groups in total. The Morgan fingerprint density at radius 3 is 3.08 bits per heavy atom. The van der Waals surface area contributed by atoms with Crippen molar-refractivity contribution in [3.05, 3.63) is 28.6 Å². The minimum absolute atomic E-state index is 0.0997. The van der Waals surface area contributed by atoms with E-state index in [1.807, 2.05) is 11.4 Å². The number of fused-ring (bicyclic) bond motifs is 1. The first kappa shape index (κ1) is 16.4. The summed E-state index contributed by atoms with van der Waals surface area (Å²) in [6.45, 7) is 0.345. The summed E-state index contributed by atoms with van der Waals surface area (Å²) in [6.07, 6.45) is 0.751. The maximum atomic E-state index is 12.0. The zero-order chi connectivity index (χ0) is 17.1. The molecule has 1 aromatic carbocycles. The fraction of sp³-hybridized carbons (Fsp3) is 0.312. The molecule has 0 saturated carbocycles. The van der Waals surface area contributed by atoms with Crippen LogP contribution in [0.1, 0.15) is 5.01 Å². The summed E-state index contributed by atoms with van der Waals surface area (Å²) >= 11 is 1.56. The van der Waals surface area contributed by atoms with Crippen molar-refractivity contribution in [2.45, 2.75) is 6.42 Å². The molecule has 7 nitrogen and oxygen atoms in total. The Balaban J connectivity index is 1.91. The fourth-order valence-electron chi connectivity index (χ4n) is 2.44. The minimum atomic E-state index is -0.572. The molecule has 0 aliphatic carbocycles. The van der Waals surface area contributed by atoms with Gasteiger partial charge in [0, 0.05) is 24.5 Å². The van der Waals surface area contributed by atoms with E-state index in [0.717, 1.165) is 22.7 Å². The molecule has 1 aliphatic rings. The van der Waals surface area contributed by atoms with Gasteiger partial charge in [0.2, 0.25) is 5.91 Å². The molecule has 2 aromatic rings. The normalized spacial score (nSPS) is 13.5. The highest BCUT2D eigenvalue weighted by atomic mass is 32.1. The zero-order valence-electron chi connectivity index (χ0n) is 13.2. The van der Waals surface area contributed by atoms with Crippen LogP contribution in [0, 0.1) is 0 Å². The van der Waals surface area contributed by atoms with Crippen LogP contribution in [0.15, 0.2) is 23.6 Å². The van der Waals surface area contributed by atoms with Crippen LogP contribution in [-0.2, 0) is 20.7 Å². The van der Waals surface area contributed by atoms with Crippen LogP contribution < -0.4 is 15.4 Å². The summed E-state index contributed by atoms with van der Waals surface area (Å²) in [7, 11) is 1.66. The number of thiazole rings is 1. The first-order valence-electron chi connectivity index (χ1n) is 7.37. The fourth-order valence-corrected chi connectivity index (χ4v) is 3.23. The van der Waals surface area contributed by atoms with Crippen molar-refractivity contribution >= 4 is 28.8 Å². The number of hydrogen-bond acceptors (Lipinski definition) is 6. The van der Waals surface area contributed by atoms with Crippen LogP contribution in [0.3, 0.4) is 0 Å². The Morgan fingerprint density at radius 1 is 1.50 bits per heavy atom.